The van der Waals surface area contributed by atoms with Crippen LogP contribution in [0.3, 0.4) is 0 Å². The van der Waals surface area contributed by atoms with Gasteiger partial charge in [0.1, 0.15) is 11.8 Å². The number of hydrogen-bond acceptors (Lipinski definition) is 5. The molecule has 3 rings (SSSR count). The van der Waals surface area contributed by atoms with Crippen molar-refractivity contribution >= 4 is 17.4 Å². The second-order valence-corrected chi connectivity index (χ2v) is 7.57. The fourth-order valence-electron chi connectivity index (χ4n) is 3.58. The number of hydrogen-bond donors (Lipinski definition) is 1. The molecule has 0 aliphatic carbocycles. The largest absolute Gasteiger partial charge is 0.493 e. The monoisotopic (exact) mass is 404 g/mol. The van der Waals surface area contributed by atoms with Crippen molar-refractivity contribution in [3.63, 3.8) is 0 Å². The zero-order valence-electron chi connectivity index (χ0n) is 16.6. The van der Waals surface area contributed by atoms with Crippen LogP contribution >= 0.6 is 0 Å². The molecule has 1 aromatic heterocycles. The number of carbonyl (C=O) groups excluding carboxylic acids is 2. The Morgan fingerprint density at radius 3 is 2.66 bits per heavy atom. The molecule has 1 aliphatic heterocycles. The quantitative estimate of drug-likeness (QED) is 0.766. The van der Waals surface area contributed by atoms with Crippen LogP contribution in [0.15, 0.2) is 30.5 Å². The first-order valence-corrected chi connectivity index (χ1v) is 9.10. The van der Waals surface area contributed by atoms with Crippen molar-refractivity contribution in [2.75, 3.05) is 12.4 Å². The first-order valence-electron chi connectivity index (χ1n) is 9.10. The normalized spacial score (nSPS) is 20.3. The SMILES string of the molecule is COc1c([C@@H]2CC(C)(C)OC2C(=O)Nc2ccnc(C(C)=O)c2)ccc(F)c1F. The lowest BCUT2D eigenvalue weighted by Crippen LogP contribution is -2.33. The van der Waals surface area contributed by atoms with Crippen LogP contribution in [0, 0.1) is 11.6 Å². The Balaban J connectivity index is 1.93. The second kappa shape index (κ2) is 7.87. The molecule has 29 heavy (non-hydrogen) atoms. The van der Waals surface area contributed by atoms with E-state index in [9.17, 15) is 18.4 Å². The minimum absolute atomic E-state index is 0.217. The Hall–Kier alpha value is -2.87. The van der Waals surface area contributed by atoms with Gasteiger partial charge in [-0.25, -0.2) is 4.39 Å². The molecule has 1 aromatic carbocycles. The topological polar surface area (TPSA) is 77.5 Å². The summed E-state index contributed by atoms with van der Waals surface area (Å²) in [5.41, 5.74) is 0.302. The van der Waals surface area contributed by atoms with Gasteiger partial charge in [0.05, 0.1) is 12.7 Å². The molecule has 0 saturated carbocycles. The molecular weight excluding hydrogens is 382 g/mol. The average molecular weight is 404 g/mol. The molecule has 154 valence electrons. The van der Waals surface area contributed by atoms with Crippen LogP contribution in [0.1, 0.15) is 49.2 Å². The summed E-state index contributed by atoms with van der Waals surface area (Å²) in [6.45, 7) is 5.02. The van der Waals surface area contributed by atoms with Crippen molar-refractivity contribution in [3.05, 3.63) is 53.4 Å². The Kier molecular flexibility index (Phi) is 5.66. The lowest BCUT2D eigenvalue weighted by Gasteiger charge is -2.21. The summed E-state index contributed by atoms with van der Waals surface area (Å²) in [6, 6.07) is 5.44. The molecule has 8 heteroatoms. The van der Waals surface area contributed by atoms with Crippen molar-refractivity contribution in [2.45, 2.75) is 44.8 Å². The number of nitrogens with zero attached hydrogens (tertiary/aromatic N) is 1. The van der Waals surface area contributed by atoms with Gasteiger partial charge in [0, 0.05) is 30.3 Å². The Morgan fingerprint density at radius 1 is 1.28 bits per heavy atom. The van der Waals surface area contributed by atoms with Crippen LogP contribution in [-0.4, -0.2) is 35.5 Å². The molecule has 1 aliphatic rings. The number of nitrogens with one attached hydrogen (secondary N) is 1. The van der Waals surface area contributed by atoms with Gasteiger partial charge in [-0.1, -0.05) is 6.07 Å². The van der Waals surface area contributed by atoms with Gasteiger partial charge in [-0.15, -0.1) is 0 Å². The first kappa shape index (κ1) is 20.9. The summed E-state index contributed by atoms with van der Waals surface area (Å²) in [5, 5.41) is 2.72. The van der Waals surface area contributed by atoms with E-state index < -0.39 is 35.2 Å². The fourth-order valence-corrected chi connectivity index (χ4v) is 3.58. The maximum Gasteiger partial charge on any atom is 0.254 e. The number of carbonyl (C=O) groups is 2. The molecule has 2 aromatic rings. The number of amides is 1. The molecule has 1 N–H and O–H groups in total. The Morgan fingerprint density at radius 2 is 2.00 bits per heavy atom. The molecule has 2 heterocycles. The van der Waals surface area contributed by atoms with E-state index in [1.807, 2.05) is 13.8 Å². The molecule has 2 atom stereocenters. The minimum Gasteiger partial charge on any atom is -0.493 e. The maximum atomic E-state index is 14.2. The number of benzene rings is 1. The Labute approximate surface area is 167 Å². The molecule has 0 spiro atoms. The zero-order chi connectivity index (χ0) is 21.3. The van der Waals surface area contributed by atoms with E-state index in [-0.39, 0.29) is 17.2 Å². The van der Waals surface area contributed by atoms with E-state index in [4.69, 9.17) is 9.47 Å². The molecule has 1 amide bonds. The first-order chi connectivity index (χ1) is 13.6. The van der Waals surface area contributed by atoms with Gasteiger partial charge in [-0.05, 0) is 38.5 Å². The summed E-state index contributed by atoms with van der Waals surface area (Å²) >= 11 is 0. The van der Waals surface area contributed by atoms with E-state index in [0.29, 0.717) is 17.7 Å². The summed E-state index contributed by atoms with van der Waals surface area (Å²) in [6.07, 6.45) is 0.862. The third-order valence-corrected chi connectivity index (χ3v) is 4.85. The second-order valence-electron chi connectivity index (χ2n) is 7.57. The number of rotatable bonds is 5. The zero-order valence-corrected chi connectivity index (χ0v) is 16.6. The highest BCUT2D eigenvalue weighted by molar-refractivity contribution is 5.97. The molecule has 1 unspecified atom stereocenters. The number of pyridine rings is 1. The highest BCUT2D eigenvalue weighted by Crippen LogP contribution is 2.45. The van der Waals surface area contributed by atoms with E-state index in [2.05, 4.69) is 10.3 Å². The smallest absolute Gasteiger partial charge is 0.254 e. The van der Waals surface area contributed by atoms with E-state index in [1.165, 1.54) is 32.4 Å². The average Bonchev–Trinajstić information content (AvgIpc) is 2.99. The van der Waals surface area contributed by atoms with Crippen LogP contribution in [0.4, 0.5) is 14.5 Å². The summed E-state index contributed by atoms with van der Waals surface area (Å²) in [4.78, 5) is 28.4. The summed E-state index contributed by atoms with van der Waals surface area (Å²) in [7, 11) is 1.25. The number of ether oxygens (including phenoxy) is 2. The van der Waals surface area contributed by atoms with Gasteiger partial charge in [-0.3, -0.25) is 14.6 Å². The molecule has 1 saturated heterocycles. The van der Waals surface area contributed by atoms with Crippen molar-refractivity contribution < 1.29 is 27.8 Å². The predicted molar refractivity (Wildman–Crippen MR) is 102 cm³/mol. The lowest BCUT2D eigenvalue weighted by molar-refractivity contribution is -0.130. The summed E-state index contributed by atoms with van der Waals surface area (Å²) < 4.78 is 38.9. The van der Waals surface area contributed by atoms with Gasteiger partial charge in [0.25, 0.3) is 5.91 Å². The minimum atomic E-state index is -1.10. The van der Waals surface area contributed by atoms with Crippen molar-refractivity contribution in [1.29, 1.82) is 0 Å². The number of ketones is 1. The van der Waals surface area contributed by atoms with E-state index >= 15 is 0 Å². The van der Waals surface area contributed by atoms with Crippen molar-refractivity contribution in [1.82, 2.24) is 4.98 Å². The van der Waals surface area contributed by atoms with Gasteiger partial charge in [0.2, 0.25) is 5.82 Å². The van der Waals surface area contributed by atoms with Crippen LogP contribution in [0.25, 0.3) is 0 Å². The van der Waals surface area contributed by atoms with Crippen LogP contribution < -0.4 is 10.1 Å². The third kappa shape index (κ3) is 4.27. The van der Waals surface area contributed by atoms with E-state index in [1.54, 1.807) is 6.07 Å². The van der Waals surface area contributed by atoms with Crippen molar-refractivity contribution in [2.24, 2.45) is 0 Å². The maximum absolute atomic E-state index is 14.2. The number of anilines is 1. The van der Waals surface area contributed by atoms with Crippen molar-refractivity contribution in [3.8, 4) is 5.75 Å². The Bertz CT molecular complexity index is 962. The van der Waals surface area contributed by atoms with Gasteiger partial charge >= 0.3 is 0 Å². The molecular formula is C21H22F2N2O4. The highest BCUT2D eigenvalue weighted by atomic mass is 19.2. The van der Waals surface area contributed by atoms with Crippen LogP contribution in [-0.2, 0) is 9.53 Å². The molecule has 0 bridgehead atoms. The third-order valence-electron chi connectivity index (χ3n) is 4.85. The highest BCUT2D eigenvalue weighted by Gasteiger charge is 2.46. The van der Waals surface area contributed by atoms with Gasteiger partial charge in [-0.2, -0.15) is 4.39 Å². The predicted octanol–water partition coefficient (Wildman–Crippen LogP) is 3.86. The molecule has 6 nitrogen and oxygen atoms in total. The number of aromatic nitrogens is 1. The van der Waals surface area contributed by atoms with Crippen LogP contribution in [0.2, 0.25) is 0 Å². The van der Waals surface area contributed by atoms with Gasteiger partial charge < -0.3 is 14.8 Å². The lowest BCUT2D eigenvalue weighted by atomic mass is 9.86. The molecule has 0 radical (unpaired) electrons. The van der Waals surface area contributed by atoms with Crippen LogP contribution in [0.5, 0.6) is 5.75 Å². The summed E-state index contributed by atoms with van der Waals surface area (Å²) in [5.74, 6) is -3.62. The molecule has 1 fully saturated rings. The number of Topliss-reactive ketones (excluding diaryl/α,β-unsaturated/α-hetero) is 1. The number of methoxy groups -OCH3 is 1. The van der Waals surface area contributed by atoms with Gasteiger partial charge in [0.15, 0.2) is 17.3 Å². The fraction of sp³-hybridized carbons (Fsp3) is 0.381. The van der Waals surface area contributed by atoms with E-state index in [0.717, 1.165) is 6.07 Å². The standard InChI is InChI=1S/C21H22F2N2O4/c1-11(26)16-9-12(7-8-24-16)25-20(27)19-14(10-21(2,3)29-19)13-5-6-15(22)17(23)18(13)28-4/h5-9,14,19H,10H2,1-4H3,(H,24,25,27)/t14-,19?/m0/s1. The number of halogens is 2.